The molecule has 1 heterocycles. The van der Waals surface area contributed by atoms with Crippen LogP contribution < -0.4 is 10.5 Å². The summed E-state index contributed by atoms with van der Waals surface area (Å²) in [5.74, 6) is -1.30. The number of likely N-dealkylation sites (N-methyl/N-ethyl adjacent to an activating group) is 1. The topological polar surface area (TPSA) is 108 Å². The Kier molecular flexibility index (Phi) is 4.02. The quantitative estimate of drug-likeness (QED) is 0.730. The van der Waals surface area contributed by atoms with Gasteiger partial charge in [-0.2, -0.15) is 0 Å². The van der Waals surface area contributed by atoms with E-state index in [1.807, 2.05) is 18.2 Å². The molecule has 7 nitrogen and oxygen atoms in total. The first-order valence-corrected chi connectivity index (χ1v) is 7.76. The Bertz CT molecular complexity index is 792. The number of hydrogen-bond acceptors (Lipinski definition) is 6. The molecule has 1 atom stereocenters. The van der Waals surface area contributed by atoms with Crippen molar-refractivity contribution in [1.82, 2.24) is 4.90 Å². The van der Waals surface area contributed by atoms with Crippen molar-refractivity contribution in [2.75, 3.05) is 13.1 Å². The molecule has 0 spiro atoms. The van der Waals surface area contributed by atoms with Gasteiger partial charge in [0.2, 0.25) is 5.75 Å². The molecule has 24 heavy (non-hydrogen) atoms. The van der Waals surface area contributed by atoms with E-state index in [9.17, 15) is 15.0 Å². The van der Waals surface area contributed by atoms with Crippen molar-refractivity contribution in [3.8, 4) is 17.2 Å². The third kappa shape index (κ3) is 2.52. The molecular formula is C17H19N3O4. The zero-order valence-corrected chi connectivity index (χ0v) is 13.5. The Balaban J connectivity index is 2.09. The minimum absolute atomic E-state index is 0.00823. The summed E-state index contributed by atoms with van der Waals surface area (Å²) in [6.45, 7) is 5.88. The van der Waals surface area contributed by atoms with E-state index < -0.39 is 17.4 Å². The highest BCUT2D eigenvalue weighted by Gasteiger charge is 2.30. The number of phenolic OH excluding ortho intramolecular Hbond substituents is 2. The lowest BCUT2D eigenvalue weighted by Crippen LogP contribution is -2.35. The predicted octanol–water partition coefficient (Wildman–Crippen LogP) is 1.83. The molecule has 1 aromatic rings. The highest BCUT2D eigenvalue weighted by Crippen LogP contribution is 2.48. The molecular weight excluding hydrogens is 310 g/mol. The van der Waals surface area contributed by atoms with Crippen LogP contribution >= 0.6 is 0 Å². The van der Waals surface area contributed by atoms with Gasteiger partial charge in [-0.25, -0.2) is 4.99 Å². The number of carbonyl (C=O) groups excluding carboxylic acids is 1. The molecule has 1 unspecified atom stereocenters. The third-order valence-electron chi connectivity index (χ3n) is 4.18. The first-order valence-electron chi connectivity index (χ1n) is 7.76. The molecule has 0 saturated carbocycles. The monoisotopic (exact) mass is 329 g/mol. The highest BCUT2D eigenvalue weighted by molar-refractivity contribution is 6.13. The summed E-state index contributed by atoms with van der Waals surface area (Å²) in [6, 6.07) is 1.13. The predicted molar refractivity (Wildman–Crippen MR) is 89.9 cm³/mol. The minimum Gasteiger partial charge on any atom is -0.504 e. The van der Waals surface area contributed by atoms with Gasteiger partial charge >= 0.3 is 0 Å². The highest BCUT2D eigenvalue weighted by atomic mass is 16.5. The van der Waals surface area contributed by atoms with E-state index >= 15 is 0 Å². The number of nitrogens with zero attached hydrogens (tertiary/aromatic N) is 2. The maximum Gasteiger partial charge on any atom is 0.251 e. The lowest BCUT2D eigenvalue weighted by molar-refractivity contribution is 0.1000. The maximum absolute atomic E-state index is 11.6. The molecule has 4 N–H and O–H groups in total. The van der Waals surface area contributed by atoms with Crippen LogP contribution in [0.25, 0.3) is 0 Å². The Morgan fingerprint density at radius 3 is 2.71 bits per heavy atom. The Labute approximate surface area is 139 Å². The molecule has 0 aromatic heterocycles. The van der Waals surface area contributed by atoms with Gasteiger partial charge in [0.15, 0.2) is 17.3 Å². The average molecular weight is 329 g/mol. The molecule has 2 aliphatic rings. The van der Waals surface area contributed by atoms with Gasteiger partial charge in [0.1, 0.15) is 11.4 Å². The number of aliphatic imine (C=N–C) groups is 1. The molecule has 0 bridgehead atoms. The number of rotatable bonds is 4. The van der Waals surface area contributed by atoms with Crippen molar-refractivity contribution in [3.63, 3.8) is 0 Å². The van der Waals surface area contributed by atoms with Crippen LogP contribution in [0.2, 0.25) is 0 Å². The third-order valence-corrected chi connectivity index (χ3v) is 4.18. The number of benzene rings is 1. The largest absolute Gasteiger partial charge is 0.504 e. The zero-order valence-electron chi connectivity index (χ0n) is 13.5. The van der Waals surface area contributed by atoms with Crippen molar-refractivity contribution in [2.45, 2.75) is 19.9 Å². The maximum atomic E-state index is 11.6. The Morgan fingerprint density at radius 1 is 1.38 bits per heavy atom. The van der Waals surface area contributed by atoms with Gasteiger partial charge in [-0.15, -0.1) is 0 Å². The molecule has 0 fully saturated rings. The van der Waals surface area contributed by atoms with E-state index in [0.717, 1.165) is 19.2 Å². The number of ether oxygens (including phenoxy) is 1. The van der Waals surface area contributed by atoms with Crippen LogP contribution in [-0.2, 0) is 0 Å². The van der Waals surface area contributed by atoms with Crippen LogP contribution in [0.15, 0.2) is 35.0 Å². The standard InChI is InChI=1S/C17H19N3O4/c1-3-20(4-2)9-5-6-11-13(7-9)24-16-14(19-11)10(17(18)23)8-12(21)15(16)22/h5-9,21-22H,3-4H2,1-2H3,(H2,18,23). The van der Waals surface area contributed by atoms with Crippen LogP contribution in [0.5, 0.6) is 17.2 Å². The fourth-order valence-corrected chi connectivity index (χ4v) is 2.87. The van der Waals surface area contributed by atoms with Gasteiger partial charge in [0.05, 0.1) is 11.6 Å². The van der Waals surface area contributed by atoms with Gasteiger partial charge in [0.25, 0.3) is 5.91 Å². The number of allylic oxidation sites excluding steroid dienone is 1. The van der Waals surface area contributed by atoms with Crippen molar-refractivity contribution < 1.29 is 19.7 Å². The van der Waals surface area contributed by atoms with Gasteiger partial charge in [-0.1, -0.05) is 19.9 Å². The number of primary amides is 1. The summed E-state index contributed by atoms with van der Waals surface area (Å²) in [5, 5.41) is 19.8. The number of fused-ring (bicyclic) bond motifs is 2. The van der Waals surface area contributed by atoms with Crippen molar-refractivity contribution in [1.29, 1.82) is 0 Å². The summed E-state index contributed by atoms with van der Waals surface area (Å²) < 4.78 is 5.74. The van der Waals surface area contributed by atoms with Crippen LogP contribution in [-0.4, -0.2) is 45.9 Å². The fourth-order valence-electron chi connectivity index (χ4n) is 2.87. The molecule has 7 heteroatoms. The molecule has 1 amide bonds. The van der Waals surface area contributed by atoms with Gasteiger partial charge in [-0.3, -0.25) is 9.69 Å². The van der Waals surface area contributed by atoms with Gasteiger partial charge in [0, 0.05) is 0 Å². The number of nitrogens with two attached hydrogens (primary N) is 1. The fraction of sp³-hybridized carbons (Fsp3) is 0.294. The number of phenols is 2. The van der Waals surface area contributed by atoms with Crippen LogP contribution in [0.4, 0.5) is 5.69 Å². The van der Waals surface area contributed by atoms with E-state index in [2.05, 4.69) is 23.7 Å². The minimum atomic E-state index is -0.761. The lowest BCUT2D eigenvalue weighted by atomic mass is 10.0. The number of carbonyl (C=O) groups is 1. The number of aromatic hydroxyl groups is 2. The van der Waals surface area contributed by atoms with Crippen molar-refractivity contribution in [3.05, 3.63) is 35.6 Å². The molecule has 3 rings (SSSR count). The summed E-state index contributed by atoms with van der Waals surface area (Å²) >= 11 is 0. The summed E-state index contributed by atoms with van der Waals surface area (Å²) in [5.41, 5.74) is 5.98. The van der Waals surface area contributed by atoms with Gasteiger partial charge in [-0.05, 0) is 31.3 Å². The SMILES string of the molecule is CCN(CC)C1C=CC2=Nc3c(C(N)=O)cc(O)c(O)c3OC2=C1. The average Bonchev–Trinajstić information content (AvgIpc) is 2.57. The number of hydrogen-bond donors (Lipinski definition) is 3. The molecule has 0 saturated heterocycles. The van der Waals surface area contributed by atoms with E-state index in [4.69, 9.17) is 10.5 Å². The lowest BCUT2D eigenvalue weighted by Gasteiger charge is -2.29. The van der Waals surface area contributed by atoms with Crippen molar-refractivity contribution >= 4 is 17.3 Å². The molecule has 126 valence electrons. The molecule has 1 aromatic carbocycles. The van der Waals surface area contributed by atoms with Crippen LogP contribution in [0.3, 0.4) is 0 Å². The Hall–Kier alpha value is -2.80. The number of amides is 1. The second-order valence-corrected chi connectivity index (χ2v) is 5.53. The molecule has 0 radical (unpaired) electrons. The summed E-state index contributed by atoms with van der Waals surface area (Å²) in [7, 11) is 0. The van der Waals surface area contributed by atoms with Crippen molar-refractivity contribution in [2.24, 2.45) is 10.7 Å². The van der Waals surface area contributed by atoms with E-state index in [0.29, 0.717) is 11.5 Å². The van der Waals surface area contributed by atoms with E-state index in [-0.39, 0.29) is 23.0 Å². The molecule has 1 aliphatic heterocycles. The smallest absolute Gasteiger partial charge is 0.251 e. The normalized spacial score (nSPS) is 18.4. The zero-order chi connectivity index (χ0) is 17.4. The van der Waals surface area contributed by atoms with Crippen LogP contribution in [0.1, 0.15) is 24.2 Å². The first kappa shape index (κ1) is 16.1. The first-order chi connectivity index (χ1) is 11.5. The van der Waals surface area contributed by atoms with Crippen LogP contribution in [0, 0.1) is 0 Å². The Morgan fingerprint density at radius 2 is 2.08 bits per heavy atom. The summed E-state index contributed by atoms with van der Waals surface area (Å²) in [6.07, 6.45) is 5.70. The molecule has 1 aliphatic carbocycles. The van der Waals surface area contributed by atoms with E-state index in [1.54, 1.807) is 0 Å². The second-order valence-electron chi connectivity index (χ2n) is 5.53. The van der Waals surface area contributed by atoms with Gasteiger partial charge < -0.3 is 20.7 Å². The second kappa shape index (κ2) is 6.01. The summed E-state index contributed by atoms with van der Waals surface area (Å²) in [4.78, 5) is 18.2. The van der Waals surface area contributed by atoms with E-state index in [1.165, 1.54) is 0 Å².